The second-order valence-corrected chi connectivity index (χ2v) is 5.64. The van der Waals surface area contributed by atoms with Gasteiger partial charge in [-0.3, -0.25) is 4.79 Å². The molecule has 1 aromatic rings. The van der Waals surface area contributed by atoms with Crippen LogP contribution < -0.4 is 5.56 Å². The molecule has 3 heteroatoms. The molecule has 0 saturated heterocycles. The van der Waals surface area contributed by atoms with Gasteiger partial charge >= 0.3 is 0 Å². The molecule has 2 rings (SSSR count). The maximum absolute atomic E-state index is 11.0. The molecule has 1 saturated carbocycles. The molecule has 2 N–H and O–H groups in total. The molecule has 0 amide bonds. The van der Waals surface area contributed by atoms with Crippen LogP contribution in [0.15, 0.2) is 23.1 Å². The highest BCUT2D eigenvalue weighted by molar-refractivity contribution is 5.19. The van der Waals surface area contributed by atoms with Crippen LogP contribution in [0, 0.1) is 5.41 Å². The monoisotopic (exact) mass is 221 g/mol. The van der Waals surface area contributed by atoms with Gasteiger partial charge in [0.25, 0.3) is 0 Å². The van der Waals surface area contributed by atoms with E-state index in [9.17, 15) is 9.90 Å². The van der Waals surface area contributed by atoms with Crippen molar-refractivity contribution in [2.24, 2.45) is 5.41 Å². The van der Waals surface area contributed by atoms with Gasteiger partial charge in [0.15, 0.2) is 0 Å². The first kappa shape index (κ1) is 11.4. The topological polar surface area (TPSA) is 53.1 Å². The van der Waals surface area contributed by atoms with Crippen LogP contribution in [0.2, 0.25) is 0 Å². The smallest absolute Gasteiger partial charge is 0.247 e. The minimum atomic E-state index is -0.750. The Morgan fingerprint density at radius 3 is 2.31 bits per heavy atom. The van der Waals surface area contributed by atoms with Gasteiger partial charge < -0.3 is 10.1 Å². The molecular weight excluding hydrogens is 202 g/mol. The van der Waals surface area contributed by atoms with Gasteiger partial charge in [-0.1, -0.05) is 13.8 Å². The van der Waals surface area contributed by atoms with Crippen molar-refractivity contribution >= 4 is 0 Å². The first-order valence-corrected chi connectivity index (χ1v) is 5.83. The highest BCUT2D eigenvalue weighted by Crippen LogP contribution is 2.44. The van der Waals surface area contributed by atoms with E-state index in [0.29, 0.717) is 5.41 Å². The lowest BCUT2D eigenvalue weighted by atomic mass is 9.69. The van der Waals surface area contributed by atoms with Gasteiger partial charge in [0.1, 0.15) is 0 Å². The molecule has 0 spiro atoms. The number of aromatic nitrogens is 1. The van der Waals surface area contributed by atoms with Crippen molar-refractivity contribution in [1.82, 2.24) is 4.98 Å². The zero-order valence-electron chi connectivity index (χ0n) is 9.92. The quantitative estimate of drug-likeness (QED) is 0.763. The minimum absolute atomic E-state index is 0.122. The molecule has 1 fully saturated rings. The first-order valence-electron chi connectivity index (χ1n) is 5.83. The summed E-state index contributed by atoms with van der Waals surface area (Å²) in [6, 6.07) is 3.21. The maximum Gasteiger partial charge on any atom is 0.247 e. The molecule has 0 radical (unpaired) electrons. The Labute approximate surface area is 95.5 Å². The number of nitrogens with one attached hydrogen (secondary N) is 1. The van der Waals surface area contributed by atoms with Crippen LogP contribution in [0.5, 0.6) is 0 Å². The Morgan fingerprint density at radius 1 is 1.19 bits per heavy atom. The van der Waals surface area contributed by atoms with Crippen LogP contribution in [-0.2, 0) is 5.60 Å². The number of H-pyrrole nitrogens is 1. The average Bonchev–Trinajstić information content (AvgIpc) is 2.24. The van der Waals surface area contributed by atoms with Crippen LogP contribution in [0.4, 0.5) is 0 Å². The largest absolute Gasteiger partial charge is 0.385 e. The fraction of sp³-hybridized carbons (Fsp3) is 0.615. The predicted molar refractivity (Wildman–Crippen MR) is 63.2 cm³/mol. The molecule has 0 bridgehead atoms. The Balaban J connectivity index is 2.21. The van der Waals surface area contributed by atoms with E-state index in [2.05, 4.69) is 18.8 Å². The van der Waals surface area contributed by atoms with E-state index in [1.165, 1.54) is 6.07 Å². The highest BCUT2D eigenvalue weighted by atomic mass is 16.3. The molecular formula is C13H19NO2. The second-order valence-electron chi connectivity index (χ2n) is 5.64. The van der Waals surface area contributed by atoms with Gasteiger partial charge in [0.2, 0.25) is 5.56 Å². The fourth-order valence-corrected chi connectivity index (χ4v) is 2.33. The summed E-state index contributed by atoms with van der Waals surface area (Å²) in [5.41, 5.74) is 0.291. The zero-order chi connectivity index (χ0) is 11.8. The van der Waals surface area contributed by atoms with E-state index in [1.54, 1.807) is 12.3 Å². The fourth-order valence-electron chi connectivity index (χ4n) is 2.33. The predicted octanol–water partition coefficient (Wildman–Crippen LogP) is 2.16. The van der Waals surface area contributed by atoms with Gasteiger partial charge in [-0.2, -0.15) is 0 Å². The Hall–Kier alpha value is -1.09. The Morgan fingerprint density at radius 2 is 1.81 bits per heavy atom. The third-order valence-corrected chi connectivity index (χ3v) is 3.75. The Bertz CT molecular complexity index is 403. The number of hydrogen-bond donors (Lipinski definition) is 2. The molecule has 0 aromatic carbocycles. The van der Waals surface area contributed by atoms with Crippen molar-refractivity contribution < 1.29 is 5.11 Å². The Kier molecular flexibility index (Phi) is 2.66. The first-order chi connectivity index (χ1) is 7.41. The molecule has 1 aliphatic rings. The van der Waals surface area contributed by atoms with Gasteiger partial charge in [0, 0.05) is 12.3 Å². The van der Waals surface area contributed by atoms with Crippen molar-refractivity contribution in [2.75, 3.05) is 0 Å². The normalized spacial score (nSPS) is 22.9. The van der Waals surface area contributed by atoms with Crippen LogP contribution in [-0.4, -0.2) is 10.1 Å². The summed E-state index contributed by atoms with van der Waals surface area (Å²) < 4.78 is 0. The number of rotatable bonds is 1. The van der Waals surface area contributed by atoms with Gasteiger partial charge in [-0.15, -0.1) is 0 Å². The maximum atomic E-state index is 11.0. The third-order valence-electron chi connectivity index (χ3n) is 3.75. The average molecular weight is 221 g/mol. The molecule has 88 valence electrons. The van der Waals surface area contributed by atoms with E-state index in [0.717, 1.165) is 31.2 Å². The van der Waals surface area contributed by atoms with Crippen molar-refractivity contribution in [2.45, 2.75) is 45.1 Å². The lowest BCUT2D eigenvalue weighted by molar-refractivity contribution is -0.0308. The molecule has 3 nitrogen and oxygen atoms in total. The lowest BCUT2D eigenvalue weighted by Crippen LogP contribution is -2.35. The molecule has 0 aliphatic heterocycles. The lowest BCUT2D eigenvalue weighted by Gasteiger charge is -2.40. The van der Waals surface area contributed by atoms with Crippen molar-refractivity contribution in [3.8, 4) is 0 Å². The van der Waals surface area contributed by atoms with Crippen LogP contribution in [0.1, 0.15) is 45.1 Å². The SMILES string of the molecule is CC1(C)CCC(O)(c2ccc(=O)[nH]c2)CC1. The zero-order valence-corrected chi connectivity index (χ0v) is 9.92. The van der Waals surface area contributed by atoms with Gasteiger partial charge in [0.05, 0.1) is 5.60 Å². The van der Waals surface area contributed by atoms with Crippen molar-refractivity contribution in [3.05, 3.63) is 34.2 Å². The number of pyridine rings is 1. The minimum Gasteiger partial charge on any atom is -0.385 e. The summed E-state index contributed by atoms with van der Waals surface area (Å²) in [5.74, 6) is 0. The summed E-state index contributed by atoms with van der Waals surface area (Å²) in [5, 5.41) is 10.5. The third kappa shape index (κ3) is 2.19. The summed E-state index contributed by atoms with van der Waals surface area (Å²) in [6.07, 6.45) is 5.21. The summed E-state index contributed by atoms with van der Waals surface area (Å²) in [6.45, 7) is 4.47. The standard InChI is InChI=1S/C13H19NO2/c1-12(2)5-7-13(16,8-6-12)10-3-4-11(15)14-9-10/h3-4,9,16H,5-8H2,1-2H3,(H,14,15). The van der Waals surface area contributed by atoms with E-state index in [1.807, 2.05) is 0 Å². The molecule has 16 heavy (non-hydrogen) atoms. The van der Waals surface area contributed by atoms with Crippen LogP contribution in [0.3, 0.4) is 0 Å². The molecule has 1 heterocycles. The van der Waals surface area contributed by atoms with Gasteiger partial charge in [-0.25, -0.2) is 0 Å². The summed E-state index contributed by atoms with van der Waals surface area (Å²) >= 11 is 0. The van der Waals surface area contributed by atoms with Crippen molar-refractivity contribution in [1.29, 1.82) is 0 Å². The van der Waals surface area contributed by atoms with Crippen LogP contribution in [0.25, 0.3) is 0 Å². The molecule has 1 aromatic heterocycles. The summed E-state index contributed by atoms with van der Waals surface area (Å²) in [4.78, 5) is 13.6. The summed E-state index contributed by atoms with van der Waals surface area (Å²) in [7, 11) is 0. The highest BCUT2D eigenvalue weighted by Gasteiger charge is 2.37. The number of aromatic amines is 1. The van der Waals surface area contributed by atoms with Crippen molar-refractivity contribution in [3.63, 3.8) is 0 Å². The second kappa shape index (κ2) is 3.74. The number of hydrogen-bond acceptors (Lipinski definition) is 2. The van der Waals surface area contributed by atoms with E-state index in [-0.39, 0.29) is 5.56 Å². The van der Waals surface area contributed by atoms with E-state index < -0.39 is 5.60 Å². The molecule has 0 unspecified atom stereocenters. The van der Waals surface area contributed by atoms with Crippen LogP contribution >= 0.6 is 0 Å². The van der Waals surface area contributed by atoms with Gasteiger partial charge in [-0.05, 0) is 42.7 Å². The molecule has 0 atom stereocenters. The van der Waals surface area contributed by atoms with E-state index >= 15 is 0 Å². The van der Waals surface area contributed by atoms with E-state index in [4.69, 9.17) is 0 Å². The molecule has 1 aliphatic carbocycles. The number of aliphatic hydroxyl groups is 1.